The lowest BCUT2D eigenvalue weighted by Gasteiger charge is -2.05. The van der Waals surface area contributed by atoms with Crippen LogP contribution in [0.15, 0.2) is 35.2 Å². The van der Waals surface area contributed by atoms with Crippen LogP contribution in [0.25, 0.3) is 0 Å². The third-order valence-electron chi connectivity index (χ3n) is 2.88. The highest BCUT2D eigenvalue weighted by Crippen LogP contribution is 2.26. The molecule has 1 heterocycles. The number of thiazole rings is 1. The van der Waals surface area contributed by atoms with E-state index in [-0.39, 0.29) is 0 Å². The molecule has 0 radical (unpaired) electrons. The Morgan fingerprint density at radius 1 is 1.25 bits per heavy atom. The van der Waals surface area contributed by atoms with Crippen molar-refractivity contribution in [3.8, 4) is 0 Å². The van der Waals surface area contributed by atoms with Crippen molar-refractivity contribution in [1.29, 1.82) is 0 Å². The molecule has 1 N–H and O–H groups in total. The van der Waals surface area contributed by atoms with Crippen LogP contribution in [0.1, 0.15) is 29.4 Å². The van der Waals surface area contributed by atoms with Crippen molar-refractivity contribution >= 4 is 23.1 Å². The number of nitrogens with one attached hydrogen (secondary N) is 1. The van der Waals surface area contributed by atoms with Gasteiger partial charge in [0.05, 0.1) is 11.4 Å². The molecular weight excluding hydrogens is 284 g/mol. The van der Waals surface area contributed by atoms with E-state index in [9.17, 15) is 0 Å². The van der Waals surface area contributed by atoms with Crippen molar-refractivity contribution in [3.63, 3.8) is 0 Å². The highest BCUT2D eigenvalue weighted by molar-refractivity contribution is 7.98. The van der Waals surface area contributed by atoms with E-state index >= 15 is 0 Å². The number of nitrogens with zero attached hydrogens (tertiary/aromatic N) is 1. The van der Waals surface area contributed by atoms with Crippen molar-refractivity contribution < 1.29 is 0 Å². The predicted molar refractivity (Wildman–Crippen MR) is 89.4 cm³/mol. The molecule has 0 aliphatic carbocycles. The summed E-state index contributed by atoms with van der Waals surface area (Å²) in [5, 5.41) is 4.71. The van der Waals surface area contributed by atoms with Gasteiger partial charge in [-0.15, -0.1) is 23.1 Å². The lowest BCUT2D eigenvalue weighted by atomic mass is 10.2. The van der Waals surface area contributed by atoms with Crippen molar-refractivity contribution in [2.24, 2.45) is 5.92 Å². The van der Waals surface area contributed by atoms with Crippen LogP contribution in [0.3, 0.4) is 0 Å². The van der Waals surface area contributed by atoms with Crippen LogP contribution in [-0.4, -0.2) is 11.5 Å². The fraction of sp³-hybridized carbons (Fsp3) is 0.438. The first-order valence-electron chi connectivity index (χ1n) is 6.99. The summed E-state index contributed by atoms with van der Waals surface area (Å²) in [6, 6.07) is 10.5. The van der Waals surface area contributed by atoms with E-state index in [4.69, 9.17) is 0 Å². The normalized spacial score (nSPS) is 11.2. The first-order chi connectivity index (χ1) is 9.65. The summed E-state index contributed by atoms with van der Waals surface area (Å²) in [6.45, 7) is 8.58. The zero-order chi connectivity index (χ0) is 14.4. The molecule has 1 aromatic heterocycles. The third-order valence-corrected chi connectivity index (χ3v) is 5.24. The molecule has 0 atom stereocenters. The zero-order valence-corrected chi connectivity index (χ0v) is 14.0. The van der Waals surface area contributed by atoms with Gasteiger partial charge >= 0.3 is 0 Å². The number of aromatic nitrogens is 1. The summed E-state index contributed by atoms with van der Waals surface area (Å²) in [5.41, 5.74) is 1.18. The minimum atomic E-state index is 0.691. The molecule has 20 heavy (non-hydrogen) atoms. The molecule has 0 spiro atoms. The quantitative estimate of drug-likeness (QED) is 0.763. The third kappa shape index (κ3) is 4.93. The number of aryl methyl sites for hydroxylation is 1. The molecule has 0 unspecified atom stereocenters. The molecule has 0 saturated heterocycles. The summed E-state index contributed by atoms with van der Waals surface area (Å²) in [4.78, 5) is 7.36. The SMILES string of the molecule is Cc1nc(CSc2ccccc2)sc1CNCC(C)C. The average molecular weight is 307 g/mol. The van der Waals surface area contributed by atoms with E-state index in [1.54, 1.807) is 0 Å². The molecule has 0 bridgehead atoms. The highest BCUT2D eigenvalue weighted by Gasteiger charge is 2.08. The van der Waals surface area contributed by atoms with Gasteiger partial charge in [-0.3, -0.25) is 0 Å². The van der Waals surface area contributed by atoms with Gasteiger partial charge in [0.25, 0.3) is 0 Å². The number of hydrogen-bond donors (Lipinski definition) is 1. The number of rotatable bonds is 7. The summed E-state index contributed by atoms with van der Waals surface area (Å²) in [7, 11) is 0. The Morgan fingerprint density at radius 3 is 2.70 bits per heavy atom. The van der Waals surface area contributed by atoms with E-state index in [0.29, 0.717) is 5.92 Å². The summed E-state index contributed by atoms with van der Waals surface area (Å²) < 4.78 is 0. The standard InChI is InChI=1S/C16H22N2S2/c1-12(2)9-17-10-15-13(3)18-16(20-15)11-19-14-7-5-4-6-8-14/h4-8,12,17H,9-11H2,1-3H3. The second-order valence-corrected chi connectivity index (χ2v) is 7.46. The van der Waals surface area contributed by atoms with Gasteiger partial charge in [0.1, 0.15) is 5.01 Å². The van der Waals surface area contributed by atoms with E-state index < -0.39 is 0 Å². The highest BCUT2D eigenvalue weighted by atomic mass is 32.2. The molecule has 0 amide bonds. The van der Waals surface area contributed by atoms with Gasteiger partial charge in [0.2, 0.25) is 0 Å². The molecule has 2 nitrogen and oxygen atoms in total. The van der Waals surface area contributed by atoms with Crippen LogP contribution in [0.2, 0.25) is 0 Å². The van der Waals surface area contributed by atoms with Crippen LogP contribution in [-0.2, 0) is 12.3 Å². The van der Waals surface area contributed by atoms with Crippen LogP contribution in [0, 0.1) is 12.8 Å². The lowest BCUT2D eigenvalue weighted by Crippen LogP contribution is -2.18. The minimum absolute atomic E-state index is 0.691. The second kappa shape index (κ2) is 7.81. The first kappa shape index (κ1) is 15.5. The smallest absolute Gasteiger partial charge is 0.103 e. The fourth-order valence-corrected chi connectivity index (χ4v) is 3.80. The Morgan fingerprint density at radius 2 is 2.00 bits per heavy atom. The number of thioether (sulfide) groups is 1. The van der Waals surface area contributed by atoms with E-state index in [1.165, 1.54) is 20.5 Å². The Labute approximate surface area is 130 Å². The van der Waals surface area contributed by atoms with E-state index in [2.05, 4.69) is 61.4 Å². The molecule has 1 aromatic carbocycles. The summed E-state index contributed by atoms with van der Waals surface area (Å²) >= 11 is 3.69. The van der Waals surface area contributed by atoms with Crippen LogP contribution < -0.4 is 5.32 Å². The van der Waals surface area contributed by atoms with Crippen molar-refractivity contribution in [1.82, 2.24) is 10.3 Å². The molecular formula is C16H22N2S2. The van der Waals surface area contributed by atoms with Crippen molar-refractivity contribution in [3.05, 3.63) is 45.9 Å². The monoisotopic (exact) mass is 306 g/mol. The molecule has 0 aliphatic rings. The Bertz CT molecular complexity index is 521. The lowest BCUT2D eigenvalue weighted by molar-refractivity contribution is 0.554. The van der Waals surface area contributed by atoms with Crippen LogP contribution in [0.5, 0.6) is 0 Å². The molecule has 0 saturated carbocycles. The molecule has 2 aromatic rings. The largest absolute Gasteiger partial charge is 0.312 e. The number of hydrogen-bond acceptors (Lipinski definition) is 4. The fourth-order valence-electron chi connectivity index (χ4n) is 1.85. The van der Waals surface area contributed by atoms with Crippen LogP contribution >= 0.6 is 23.1 Å². The predicted octanol–water partition coefficient (Wildman–Crippen LogP) is 4.49. The van der Waals surface area contributed by atoms with E-state index in [0.717, 1.165) is 18.8 Å². The second-order valence-electron chi connectivity index (χ2n) is 5.24. The van der Waals surface area contributed by atoms with Gasteiger partial charge in [-0.05, 0) is 31.5 Å². The maximum atomic E-state index is 4.68. The first-order valence-corrected chi connectivity index (χ1v) is 8.79. The van der Waals surface area contributed by atoms with Gasteiger partial charge in [-0.1, -0.05) is 32.0 Å². The molecule has 4 heteroatoms. The molecule has 108 valence electrons. The summed E-state index contributed by atoms with van der Waals surface area (Å²) in [6.07, 6.45) is 0. The molecule has 0 fully saturated rings. The van der Waals surface area contributed by atoms with Gasteiger partial charge < -0.3 is 5.32 Å². The van der Waals surface area contributed by atoms with E-state index in [1.807, 2.05) is 23.1 Å². The topological polar surface area (TPSA) is 24.9 Å². The van der Waals surface area contributed by atoms with Gasteiger partial charge in [0, 0.05) is 16.3 Å². The van der Waals surface area contributed by atoms with Crippen molar-refractivity contribution in [2.45, 2.75) is 38.0 Å². The Kier molecular flexibility index (Phi) is 6.07. The average Bonchev–Trinajstić information content (AvgIpc) is 2.78. The molecule has 2 rings (SSSR count). The molecule has 0 aliphatic heterocycles. The van der Waals surface area contributed by atoms with Crippen LogP contribution in [0.4, 0.5) is 0 Å². The van der Waals surface area contributed by atoms with Crippen molar-refractivity contribution in [2.75, 3.05) is 6.54 Å². The maximum absolute atomic E-state index is 4.68. The summed E-state index contributed by atoms with van der Waals surface area (Å²) in [5.74, 6) is 1.65. The minimum Gasteiger partial charge on any atom is -0.312 e. The van der Waals surface area contributed by atoms with Gasteiger partial charge in [-0.2, -0.15) is 0 Å². The Balaban J connectivity index is 1.87. The van der Waals surface area contributed by atoms with Gasteiger partial charge in [-0.25, -0.2) is 4.98 Å². The Hall–Kier alpha value is -0.840. The maximum Gasteiger partial charge on any atom is 0.103 e. The zero-order valence-electron chi connectivity index (χ0n) is 12.3. The van der Waals surface area contributed by atoms with Gasteiger partial charge in [0.15, 0.2) is 0 Å². The number of benzene rings is 1.